The second-order valence-corrected chi connectivity index (χ2v) is 5.77. The first kappa shape index (κ1) is 11.5. The summed E-state index contributed by atoms with van der Waals surface area (Å²) in [4.78, 5) is 2.60. The molecule has 17 heavy (non-hydrogen) atoms. The molecule has 2 nitrogen and oxygen atoms in total. The lowest BCUT2D eigenvalue weighted by Crippen LogP contribution is -2.39. The van der Waals surface area contributed by atoms with Gasteiger partial charge in [-0.2, -0.15) is 0 Å². The molecule has 1 aliphatic carbocycles. The number of hydrogen-bond donors (Lipinski definition) is 1. The average Bonchev–Trinajstić information content (AvgIpc) is 2.92. The number of halogens is 1. The molecule has 2 aliphatic rings. The molecule has 1 aromatic rings. The predicted octanol–water partition coefficient (Wildman–Crippen LogP) is 2.82. The van der Waals surface area contributed by atoms with Gasteiger partial charge < -0.3 is 5.73 Å². The molecule has 0 radical (unpaired) electrons. The molecule has 1 aliphatic heterocycles. The van der Waals surface area contributed by atoms with Crippen molar-refractivity contribution < 1.29 is 0 Å². The lowest BCUT2D eigenvalue weighted by Gasteiger charge is -2.34. The van der Waals surface area contributed by atoms with Gasteiger partial charge in [0.2, 0.25) is 0 Å². The quantitative estimate of drug-likeness (QED) is 0.894. The summed E-state index contributed by atoms with van der Waals surface area (Å²) in [6, 6.07) is 9.26. The Labute approximate surface area is 108 Å². The smallest absolute Gasteiger partial charge is 0.0474 e. The Morgan fingerprint density at radius 2 is 2.29 bits per heavy atom. The number of nitrogens with zero attached hydrogens (tertiary/aromatic N) is 1. The van der Waals surface area contributed by atoms with Crippen LogP contribution in [0.5, 0.6) is 0 Å². The molecule has 3 rings (SSSR count). The van der Waals surface area contributed by atoms with Crippen LogP contribution in [-0.4, -0.2) is 24.0 Å². The highest BCUT2D eigenvalue weighted by molar-refractivity contribution is 6.30. The van der Waals surface area contributed by atoms with Gasteiger partial charge in [-0.1, -0.05) is 23.7 Å². The molecule has 2 fully saturated rings. The van der Waals surface area contributed by atoms with Crippen molar-refractivity contribution in [3.8, 4) is 0 Å². The Bertz CT molecular complexity index is 407. The molecule has 3 atom stereocenters. The maximum absolute atomic E-state index is 6.07. The number of nitrogens with two attached hydrogens (primary N) is 1. The monoisotopic (exact) mass is 250 g/mol. The molecule has 3 heteroatoms. The van der Waals surface area contributed by atoms with E-state index in [9.17, 15) is 0 Å². The Morgan fingerprint density at radius 1 is 1.41 bits per heavy atom. The van der Waals surface area contributed by atoms with Crippen LogP contribution in [0.3, 0.4) is 0 Å². The molecular weight excluding hydrogens is 232 g/mol. The minimum atomic E-state index is 0.351. The fraction of sp³-hybridized carbons (Fsp3) is 0.571. The lowest BCUT2D eigenvalue weighted by atomic mass is 10.0. The van der Waals surface area contributed by atoms with Crippen molar-refractivity contribution in [2.75, 3.05) is 13.1 Å². The molecule has 92 valence electrons. The van der Waals surface area contributed by atoms with Crippen molar-refractivity contribution in [2.45, 2.75) is 31.3 Å². The molecule has 3 unspecified atom stereocenters. The van der Waals surface area contributed by atoms with Crippen LogP contribution in [0.4, 0.5) is 0 Å². The van der Waals surface area contributed by atoms with Crippen LogP contribution in [0, 0.1) is 5.92 Å². The van der Waals surface area contributed by atoms with Crippen LogP contribution in [0.25, 0.3) is 0 Å². The number of fused-ring (bicyclic) bond motifs is 2. The number of benzene rings is 1. The van der Waals surface area contributed by atoms with Gasteiger partial charge in [0.25, 0.3) is 0 Å². The number of hydrogen-bond acceptors (Lipinski definition) is 2. The van der Waals surface area contributed by atoms with Crippen LogP contribution in [0.2, 0.25) is 5.02 Å². The van der Waals surface area contributed by atoms with Crippen LogP contribution in [0.15, 0.2) is 24.3 Å². The van der Waals surface area contributed by atoms with Gasteiger partial charge in [0.15, 0.2) is 0 Å². The van der Waals surface area contributed by atoms with Gasteiger partial charge in [-0.05, 0) is 42.9 Å². The minimum Gasteiger partial charge on any atom is -0.329 e. The van der Waals surface area contributed by atoms with E-state index in [1.54, 1.807) is 0 Å². The van der Waals surface area contributed by atoms with E-state index in [1.165, 1.54) is 31.4 Å². The van der Waals surface area contributed by atoms with Crippen molar-refractivity contribution in [3.63, 3.8) is 0 Å². The third-order valence-electron chi connectivity index (χ3n) is 4.31. The van der Waals surface area contributed by atoms with E-state index in [0.717, 1.165) is 17.0 Å². The van der Waals surface area contributed by atoms with Crippen LogP contribution in [0.1, 0.15) is 30.9 Å². The zero-order chi connectivity index (χ0) is 11.8. The summed E-state index contributed by atoms with van der Waals surface area (Å²) in [6.07, 6.45) is 4.13. The molecule has 2 bridgehead atoms. The summed E-state index contributed by atoms with van der Waals surface area (Å²) >= 11 is 6.07. The highest BCUT2D eigenvalue weighted by Gasteiger charge is 2.40. The van der Waals surface area contributed by atoms with Gasteiger partial charge in [0, 0.05) is 30.2 Å². The molecule has 1 saturated carbocycles. The first-order valence-electron chi connectivity index (χ1n) is 6.49. The predicted molar refractivity (Wildman–Crippen MR) is 71.1 cm³/mol. The van der Waals surface area contributed by atoms with Gasteiger partial charge in [-0.15, -0.1) is 0 Å². The number of piperidine rings is 1. The third kappa shape index (κ3) is 2.10. The van der Waals surface area contributed by atoms with E-state index in [2.05, 4.69) is 17.0 Å². The first-order valence-corrected chi connectivity index (χ1v) is 6.87. The van der Waals surface area contributed by atoms with E-state index in [4.69, 9.17) is 17.3 Å². The Morgan fingerprint density at radius 3 is 2.88 bits per heavy atom. The zero-order valence-electron chi connectivity index (χ0n) is 9.98. The van der Waals surface area contributed by atoms with E-state index in [0.29, 0.717) is 12.6 Å². The summed E-state index contributed by atoms with van der Waals surface area (Å²) in [5, 5.41) is 0.810. The second kappa shape index (κ2) is 4.60. The molecular formula is C14H19ClN2. The van der Waals surface area contributed by atoms with Crippen molar-refractivity contribution in [3.05, 3.63) is 34.9 Å². The number of likely N-dealkylation sites (tertiary alicyclic amines) is 1. The van der Waals surface area contributed by atoms with Gasteiger partial charge in [-0.25, -0.2) is 0 Å². The van der Waals surface area contributed by atoms with Crippen molar-refractivity contribution in [1.29, 1.82) is 0 Å². The summed E-state index contributed by atoms with van der Waals surface area (Å²) in [5.41, 5.74) is 7.25. The highest BCUT2D eigenvalue weighted by Crippen LogP contribution is 2.41. The largest absolute Gasteiger partial charge is 0.329 e. The van der Waals surface area contributed by atoms with Crippen molar-refractivity contribution in [1.82, 2.24) is 4.90 Å². The molecule has 0 amide bonds. The molecule has 0 aromatic heterocycles. The second-order valence-electron chi connectivity index (χ2n) is 5.34. The Hall–Kier alpha value is -0.570. The standard InChI is InChI=1S/C14H19ClN2/c15-12-3-1-2-11(7-12)14(8-16)17-9-10-4-5-13(17)6-10/h1-3,7,10,13-14H,4-6,8-9,16H2. The van der Waals surface area contributed by atoms with E-state index < -0.39 is 0 Å². The van der Waals surface area contributed by atoms with Crippen LogP contribution < -0.4 is 5.73 Å². The van der Waals surface area contributed by atoms with E-state index in [1.807, 2.05) is 12.1 Å². The van der Waals surface area contributed by atoms with Gasteiger partial charge in [0.1, 0.15) is 0 Å². The van der Waals surface area contributed by atoms with Gasteiger partial charge >= 0.3 is 0 Å². The average molecular weight is 251 g/mol. The summed E-state index contributed by atoms with van der Waals surface area (Å²) in [6.45, 7) is 1.91. The minimum absolute atomic E-state index is 0.351. The molecule has 1 heterocycles. The van der Waals surface area contributed by atoms with E-state index in [-0.39, 0.29) is 0 Å². The fourth-order valence-electron chi connectivity index (χ4n) is 3.52. The molecule has 0 spiro atoms. The summed E-state index contributed by atoms with van der Waals surface area (Å²) < 4.78 is 0. The maximum Gasteiger partial charge on any atom is 0.0474 e. The zero-order valence-corrected chi connectivity index (χ0v) is 10.7. The lowest BCUT2D eigenvalue weighted by molar-refractivity contribution is 0.153. The SMILES string of the molecule is NCC(c1cccc(Cl)c1)N1CC2CCC1C2. The fourth-order valence-corrected chi connectivity index (χ4v) is 3.72. The van der Waals surface area contributed by atoms with Crippen molar-refractivity contribution >= 4 is 11.6 Å². The molecule has 1 aromatic carbocycles. The van der Waals surface area contributed by atoms with E-state index >= 15 is 0 Å². The topological polar surface area (TPSA) is 29.3 Å². The number of rotatable bonds is 3. The molecule has 1 saturated heterocycles. The van der Waals surface area contributed by atoms with Crippen molar-refractivity contribution in [2.24, 2.45) is 11.7 Å². The van der Waals surface area contributed by atoms with Crippen LogP contribution >= 0.6 is 11.6 Å². The summed E-state index contributed by atoms with van der Waals surface area (Å²) in [7, 11) is 0. The Kier molecular flexibility index (Phi) is 3.12. The van der Waals surface area contributed by atoms with Gasteiger partial charge in [-0.3, -0.25) is 4.90 Å². The third-order valence-corrected chi connectivity index (χ3v) is 4.54. The first-order chi connectivity index (χ1) is 8.28. The van der Waals surface area contributed by atoms with Crippen LogP contribution in [-0.2, 0) is 0 Å². The Balaban J connectivity index is 1.84. The van der Waals surface area contributed by atoms with Gasteiger partial charge in [0.05, 0.1) is 0 Å². The normalized spacial score (nSPS) is 29.8. The highest BCUT2D eigenvalue weighted by atomic mass is 35.5. The summed E-state index contributed by atoms with van der Waals surface area (Å²) in [5.74, 6) is 0.910. The maximum atomic E-state index is 6.07. The molecule has 2 N–H and O–H groups in total.